The molecule has 0 aliphatic carbocycles. The molecule has 1 aromatic heterocycles. The second-order valence-electron chi connectivity index (χ2n) is 3.90. The average Bonchev–Trinajstić information content (AvgIpc) is 2.30. The van der Waals surface area contributed by atoms with Gasteiger partial charge in [-0.1, -0.05) is 6.92 Å². The van der Waals surface area contributed by atoms with Gasteiger partial charge in [0.05, 0.1) is 6.20 Å². The third-order valence-electron chi connectivity index (χ3n) is 2.79. The van der Waals surface area contributed by atoms with Crippen molar-refractivity contribution in [3.05, 3.63) is 24.3 Å². The summed E-state index contributed by atoms with van der Waals surface area (Å²) < 4.78 is 5.31. The quantitative estimate of drug-likeness (QED) is 0.685. The van der Waals surface area contributed by atoms with Gasteiger partial charge in [-0.3, -0.25) is 9.78 Å². The van der Waals surface area contributed by atoms with E-state index in [4.69, 9.17) is 4.74 Å². The predicted octanol–water partition coefficient (Wildman–Crippen LogP) is 1.33. The van der Waals surface area contributed by atoms with Gasteiger partial charge >= 0.3 is 0 Å². The van der Waals surface area contributed by atoms with Crippen LogP contribution in [0.1, 0.15) is 23.8 Å². The van der Waals surface area contributed by atoms with Crippen molar-refractivity contribution in [2.75, 3.05) is 13.2 Å². The highest BCUT2D eigenvalue weighted by atomic mass is 16.5. The number of nitrogens with zero attached hydrogens (tertiary/aromatic N) is 2. The van der Waals surface area contributed by atoms with E-state index in [1.54, 1.807) is 12.4 Å². The highest BCUT2D eigenvalue weighted by Crippen LogP contribution is 2.24. The Morgan fingerprint density at radius 2 is 2.40 bits per heavy atom. The van der Waals surface area contributed by atoms with Gasteiger partial charge in [-0.2, -0.15) is 0 Å². The zero-order valence-electron chi connectivity index (χ0n) is 8.72. The Balaban J connectivity index is 2.13. The Morgan fingerprint density at radius 1 is 1.53 bits per heavy atom. The van der Waals surface area contributed by atoms with E-state index in [0.29, 0.717) is 18.9 Å². The van der Waals surface area contributed by atoms with Crippen LogP contribution in [0.25, 0.3) is 0 Å². The predicted molar refractivity (Wildman–Crippen MR) is 54.5 cm³/mol. The molecule has 2 unspecified atom stereocenters. The maximum Gasteiger partial charge on any atom is 0.186 e. The zero-order valence-corrected chi connectivity index (χ0v) is 8.72. The van der Waals surface area contributed by atoms with E-state index in [-0.39, 0.29) is 17.6 Å². The van der Waals surface area contributed by atoms with Crippen molar-refractivity contribution in [2.45, 2.75) is 13.3 Å². The molecular weight excluding hydrogens is 192 g/mol. The molecular formula is C11H14N2O2. The van der Waals surface area contributed by atoms with Gasteiger partial charge in [0.15, 0.2) is 5.78 Å². The number of ketones is 1. The normalized spacial score (nSPS) is 26.2. The number of Topliss-reactive ketones (excluding diaryl/α,β-unsaturated/α-hetero) is 1. The average molecular weight is 206 g/mol. The number of hydrogen-bond acceptors (Lipinski definition) is 4. The van der Waals surface area contributed by atoms with Crippen LogP contribution in [0, 0.1) is 11.8 Å². The van der Waals surface area contributed by atoms with Crippen LogP contribution >= 0.6 is 0 Å². The molecule has 0 spiro atoms. The van der Waals surface area contributed by atoms with Crippen LogP contribution in [0.3, 0.4) is 0 Å². The first-order valence-electron chi connectivity index (χ1n) is 5.17. The summed E-state index contributed by atoms with van der Waals surface area (Å²) in [6.07, 6.45) is 5.45. The molecule has 2 rings (SSSR count). The Morgan fingerprint density at radius 3 is 3.07 bits per heavy atom. The second-order valence-corrected chi connectivity index (χ2v) is 3.90. The molecule has 2 atom stereocenters. The fraction of sp³-hybridized carbons (Fsp3) is 0.545. The molecule has 1 fully saturated rings. The molecule has 0 amide bonds. The first-order valence-corrected chi connectivity index (χ1v) is 5.17. The lowest BCUT2D eigenvalue weighted by Crippen LogP contribution is -2.31. The molecule has 0 aromatic carbocycles. The molecule has 1 aliphatic rings. The van der Waals surface area contributed by atoms with Crippen LogP contribution in [0.4, 0.5) is 0 Å². The summed E-state index contributed by atoms with van der Waals surface area (Å²) in [6, 6.07) is 0. The van der Waals surface area contributed by atoms with Crippen molar-refractivity contribution in [3.63, 3.8) is 0 Å². The molecule has 4 heteroatoms. The summed E-state index contributed by atoms with van der Waals surface area (Å²) in [5.74, 6) is 0.405. The lowest BCUT2D eigenvalue weighted by atomic mass is 9.85. The minimum atomic E-state index is 0.0375. The fourth-order valence-electron chi connectivity index (χ4n) is 1.89. The smallest absolute Gasteiger partial charge is 0.186 e. The number of carbonyl (C=O) groups is 1. The molecule has 0 N–H and O–H groups in total. The van der Waals surface area contributed by atoms with E-state index in [0.717, 1.165) is 6.42 Å². The van der Waals surface area contributed by atoms with E-state index in [2.05, 4.69) is 9.97 Å². The fourth-order valence-corrected chi connectivity index (χ4v) is 1.89. The van der Waals surface area contributed by atoms with Crippen LogP contribution in [-0.2, 0) is 4.74 Å². The van der Waals surface area contributed by atoms with Gasteiger partial charge in [0.1, 0.15) is 5.69 Å². The van der Waals surface area contributed by atoms with Crippen LogP contribution in [-0.4, -0.2) is 29.0 Å². The van der Waals surface area contributed by atoms with Crippen molar-refractivity contribution in [2.24, 2.45) is 11.8 Å². The lowest BCUT2D eigenvalue weighted by molar-refractivity contribution is 0.0238. The topological polar surface area (TPSA) is 52.1 Å². The monoisotopic (exact) mass is 206 g/mol. The first-order chi connectivity index (χ1) is 7.29. The van der Waals surface area contributed by atoms with E-state index in [9.17, 15) is 4.79 Å². The van der Waals surface area contributed by atoms with Gasteiger partial charge in [0, 0.05) is 31.5 Å². The van der Waals surface area contributed by atoms with Crippen molar-refractivity contribution >= 4 is 5.78 Å². The second kappa shape index (κ2) is 4.49. The summed E-state index contributed by atoms with van der Waals surface area (Å²) in [5, 5.41) is 0. The lowest BCUT2D eigenvalue weighted by Gasteiger charge is -2.27. The SMILES string of the molecule is CC1COCCC1C(=O)c1cnccn1. The molecule has 15 heavy (non-hydrogen) atoms. The summed E-state index contributed by atoms with van der Waals surface area (Å²) in [4.78, 5) is 20.0. The molecule has 80 valence electrons. The highest BCUT2D eigenvalue weighted by Gasteiger charge is 2.29. The molecule has 4 nitrogen and oxygen atoms in total. The Hall–Kier alpha value is -1.29. The molecule has 1 saturated heterocycles. The van der Waals surface area contributed by atoms with Crippen LogP contribution in [0.2, 0.25) is 0 Å². The maximum absolute atomic E-state index is 12.1. The number of rotatable bonds is 2. The Kier molecular flexibility index (Phi) is 3.06. The van der Waals surface area contributed by atoms with Crippen molar-refractivity contribution < 1.29 is 9.53 Å². The Bertz CT molecular complexity index is 340. The number of aromatic nitrogens is 2. The van der Waals surface area contributed by atoms with E-state index in [1.807, 2.05) is 6.92 Å². The van der Waals surface area contributed by atoms with Gasteiger partial charge in [-0.25, -0.2) is 4.98 Å². The largest absolute Gasteiger partial charge is 0.381 e. The van der Waals surface area contributed by atoms with E-state index >= 15 is 0 Å². The first kappa shape index (κ1) is 10.2. The maximum atomic E-state index is 12.1. The van der Waals surface area contributed by atoms with Gasteiger partial charge < -0.3 is 4.74 Å². The molecule has 2 heterocycles. The van der Waals surface area contributed by atoms with Gasteiger partial charge in [0.25, 0.3) is 0 Å². The number of carbonyl (C=O) groups excluding carboxylic acids is 1. The number of hydrogen-bond donors (Lipinski definition) is 0. The summed E-state index contributed by atoms with van der Waals surface area (Å²) in [6.45, 7) is 3.37. The summed E-state index contributed by atoms with van der Waals surface area (Å²) in [5.41, 5.74) is 0.469. The van der Waals surface area contributed by atoms with Crippen molar-refractivity contribution in [1.29, 1.82) is 0 Å². The molecule has 0 saturated carbocycles. The highest BCUT2D eigenvalue weighted by molar-refractivity contribution is 5.96. The minimum absolute atomic E-state index is 0.0375. The third-order valence-corrected chi connectivity index (χ3v) is 2.79. The molecule has 1 aromatic rings. The van der Waals surface area contributed by atoms with Crippen LogP contribution in [0.5, 0.6) is 0 Å². The number of ether oxygens (including phenoxy) is 1. The standard InChI is InChI=1S/C11H14N2O2/c1-8-7-15-5-2-9(8)11(14)10-6-12-3-4-13-10/h3-4,6,8-9H,2,5,7H2,1H3. The third kappa shape index (κ3) is 2.21. The molecule has 0 bridgehead atoms. The van der Waals surface area contributed by atoms with Crippen molar-refractivity contribution in [1.82, 2.24) is 9.97 Å². The van der Waals surface area contributed by atoms with Gasteiger partial charge in [-0.05, 0) is 12.3 Å². The van der Waals surface area contributed by atoms with Crippen LogP contribution in [0.15, 0.2) is 18.6 Å². The zero-order chi connectivity index (χ0) is 10.7. The van der Waals surface area contributed by atoms with E-state index < -0.39 is 0 Å². The Labute approximate surface area is 88.7 Å². The molecule has 0 radical (unpaired) electrons. The van der Waals surface area contributed by atoms with Gasteiger partial charge in [-0.15, -0.1) is 0 Å². The van der Waals surface area contributed by atoms with E-state index in [1.165, 1.54) is 6.20 Å². The van der Waals surface area contributed by atoms with Gasteiger partial charge in [0.2, 0.25) is 0 Å². The van der Waals surface area contributed by atoms with Crippen LogP contribution < -0.4 is 0 Å². The summed E-state index contributed by atoms with van der Waals surface area (Å²) >= 11 is 0. The van der Waals surface area contributed by atoms with Crippen molar-refractivity contribution in [3.8, 4) is 0 Å². The minimum Gasteiger partial charge on any atom is -0.381 e. The molecule has 1 aliphatic heterocycles. The summed E-state index contributed by atoms with van der Waals surface area (Å²) in [7, 11) is 0.